The van der Waals surface area contributed by atoms with Crippen molar-refractivity contribution in [3.05, 3.63) is 46.8 Å². The van der Waals surface area contributed by atoms with Crippen LogP contribution in [-0.4, -0.2) is 22.5 Å². The molecule has 1 aromatic carbocycles. The fraction of sp³-hybridized carbons (Fsp3) is 0.333. The number of H-pyrrole nitrogens is 1. The molecule has 0 bridgehead atoms. The van der Waals surface area contributed by atoms with E-state index >= 15 is 0 Å². The van der Waals surface area contributed by atoms with Crippen molar-refractivity contribution in [1.82, 2.24) is 15.5 Å². The van der Waals surface area contributed by atoms with Crippen LogP contribution in [0.1, 0.15) is 22.5 Å². The number of halogens is 4. The third-order valence-corrected chi connectivity index (χ3v) is 3.32. The van der Waals surface area contributed by atoms with E-state index in [9.17, 15) is 13.2 Å². The number of alkyl halides is 3. The van der Waals surface area contributed by atoms with Crippen molar-refractivity contribution in [2.75, 3.05) is 0 Å². The van der Waals surface area contributed by atoms with Gasteiger partial charge in [0.2, 0.25) is 0 Å². The van der Waals surface area contributed by atoms with Crippen molar-refractivity contribution in [2.24, 2.45) is 10.7 Å². The van der Waals surface area contributed by atoms with E-state index in [4.69, 9.17) is 5.73 Å². The first-order chi connectivity index (χ1) is 11.2. The number of aromatic amines is 1. The molecule has 0 saturated carbocycles. The van der Waals surface area contributed by atoms with Crippen LogP contribution < -0.4 is 15.8 Å². The van der Waals surface area contributed by atoms with Gasteiger partial charge < -0.3 is 15.8 Å². The fourth-order valence-electron chi connectivity index (χ4n) is 2.04. The third kappa shape index (κ3) is 6.80. The van der Waals surface area contributed by atoms with Gasteiger partial charge in [-0.15, -0.1) is 37.1 Å². The predicted octanol–water partition coefficient (Wildman–Crippen LogP) is 3.15. The van der Waals surface area contributed by atoms with Gasteiger partial charge in [0.15, 0.2) is 5.96 Å². The molecule has 10 heteroatoms. The molecule has 138 valence electrons. The molecule has 2 rings (SSSR count). The third-order valence-electron chi connectivity index (χ3n) is 3.32. The molecule has 0 saturated heterocycles. The standard InChI is InChI=1S/C15H18F3N5O.HI/c1-9-13(10(2)23-22-9)8-21-14(19)20-7-11-3-5-12(6-4-11)24-15(16,17)18;/h3-6H,7-8H2,1-2H3,(H,22,23)(H3,19,20,21);1H. The molecule has 25 heavy (non-hydrogen) atoms. The molecule has 4 N–H and O–H groups in total. The summed E-state index contributed by atoms with van der Waals surface area (Å²) >= 11 is 0. The number of aryl methyl sites for hydroxylation is 2. The van der Waals surface area contributed by atoms with Gasteiger partial charge in [0.25, 0.3) is 0 Å². The zero-order valence-electron chi connectivity index (χ0n) is 13.6. The van der Waals surface area contributed by atoms with Gasteiger partial charge in [-0.25, -0.2) is 4.99 Å². The molecule has 6 nitrogen and oxygen atoms in total. The maximum Gasteiger partial charge on any atom is 0.573 e. The van der Waals surface area contributed by atoms with Gasteiger partial charge in [-0.05, 0) is 31.5 Å². The van der Waals surface area contributed by atoms with Crippen LogP contribution in [0.4, 0.5) is 13.2 Å². The molecule has 0 spiro atoms. The monoisotopic (exact) mass is 469 g/mol. The number of benzene rings is 1. The van der Waals surface area contributed by atoms with E-state index < -0.39 is 6.36 Å². The van der Waals surface area contributed by atoms with Crippen molar-refractivity contribution in [2.45, 2.75) is 33.3 Å². The van der Waals surface area contributed by atoms with Crippen LogP contribution in [-0.2, 0) is 13.1 Å². The number of ether oxygens (including phenoxy) is 1. The topological polar surface area (TPSA) is 88.3 Å². The first-order valence-corrected chi connectivity index (χ1v) is 7.13. The van der Waals surface area contributed by atoms with Gasteiger partial charge in [-0.1, -0.05) is 12.1 Å². The average molecular weight is 469 g/mol. The first kappa shape index (κ1) is 21.1. The second-order valence-corrected chi connectivity index (χ2v) is 5.16. The van der Waals surface area contributed by atoms with Crippen molar-refractivity contribution in [3.8, 4) is 5.75 Å². The molecule has 0 aliphatic rings. The first-order valence-electron chi connectivity index (χ1n) is 7.13. The van der Waals surface area contributed by atoms with E-state index in [2.05, 4.69) is 25.2 Å². The van der Waals surface area contributed by atoms with Gasteiger partial charge in [0.05, 0.1) is 12.2 Å². The Morgan fingerprint density at radius 1 is 1.28 bits per heavy atom. The van der Waals surface area contributed by atoms with Crippen molar-refractivity contribution in [3.63, 3.8) is 0 Å². The Labute approximate surface area is 160 Å². The number of hydrogen-bond donors (Lipinski definition) is 3. The van der Waals surface area contributed by atoms with Crippen molar-refractivity contribution in [1.29, 1.82) is 0 Å². The zero-order chi connectivity index (χ0) is 17.7. The molecule has 2 aromatic rings. The summed E-state index contributed by atoms with van der Waals surface area (Å²) in [6, 6.07) is 5.48. The summed E-state index contributed by atoms with van der Waals surface area (Å²) in [4.78, 5) is 4.15. The average Bonchev–Trinajstić information content (AvgIpc) is 2.82. The van der Waals surface area contributed by atoms with Gasteiger partial charge in [0, 0.05) is 17.8 Å². The predicted molar refractivity (Wildman–Crippen MR) is 98.8 cm³/mol. The lowest BCUT2D eigenvalue weighted by molar-refractivity contribution is -0.274. The van der Waals surface area contributed by atoms with Crippen LogP contribution in [0, 0.1) is 13.8 Å². The normalized spacial score (nSPS) is 11.8. The minimum Gasteiger partial charge on any atom is -0.406 e. The number of guanidine groups is 1. The van der Waals surface area contributed by atoms with Crippen LogP contribution in [0.5, 0.6) is 5.75 Å². The van der Waals surface area contributed by atoms with E-state index in [-0.39, 0.29) is 42.2 Å². The Hall–Kier alpha value is -1.98. The molecule has 0 amide bonds. The molecule has 0 aliphatic heterocycles. The number of aliphatic imine (C=N–C) groups is 1. The minimum absolute atomic E-state index is 0. The molecular formula is C15H19F3IN5O. The molecular weight excluding hydrogens is 450 g/mol. The minimum atomic E-state index is -4.70. The van der Waals surface area contributed by atoms with Crippen LogP contribution >= 0.6 is 24.0 Å². The summed E-state index contributed by atoms with van der Waals surface area (Å²) < 4.78 is 40.0. The molecule has 0 aliphatic carbocycles. The lowest BCUT2D eigenvalue weighted by Gasteiger charge is -2.09. The summed E-state index contributed by atoms with van der Waals surface area (Å²) in [5.41, 5.74) is 9.35. The van der Waals surface area contributed by atoms with Crippen LogP contribution in [0.15, 0.2) is 29.3 Å². The van der Waals surface area contributed by atoms with E-state index in [0.29, 0.717) is 12.1 Å². The molecule has 1 aromatic heterocycles. The molecule has 0 atom stereocenters. The summed E-state index contributed by atoms with van der Waals surface area (Å²) in [5, 5.41) is 9.93. The zero-order valence-corrected chi connectivity index (χ0v) is 16.0. The number of rotatable bonds is 5. The summed E-state index contributed by atoms with van der Waals surface area (Å²) in [6.45, 7) is 4.53. The lowest BCUT2D eigenvalue weighted by atomic mass is 10.2. The van der Waals surface area contributed by atoms with Crippen LogP contribution in [0.3, 0.4) is 0 Å². The number of nitrogens with one attached hydrogen (secondary N) is 2. The molecule has 0 fully saturated rings. The highest BCUT2D eigenvalue weighted by Crippen LogP contribution is 2.22. The number of aromatic nitrogens is 2. The maximum atomic E-state index is 12.1. The maximum absolute atomic E-state index is 12.1. The highest BCUT2D eigenvalue weighted by Gasteiger charge is 2.30. The Kier molecular flexibility index (Phi) is 7.52. The summed E-state index contributed by atoms with van der Waals surface area (Å²) in [5.74, 6) is -0.0298. The fourth-order valence-corrected chi connectivity index (χ4v) is 2.04. The molecule has 1 heterocycles. The summed E-state index contributed by atoms with van der Waals surface area (Å²) in [7, 11) is 0. The summed E-state index contributed by atoms with van der Waals surface area (Å²) in [6.07, 6.45) is -4.70. The van der Waals surface area contributed by atoms with Gasteiger partial charge in [0.1, 0.15) is 5.75 Å². The van der Waals surface area contributed by atoms with E-state index in [1.807, 2.05) is 13.8 Å². The second-order valence-electron chi connectivity index (χ2n) is 5.16. The molecule has 0 unspecified atom stereocenters. The van der Waals surface area contributed by atoms with Crippen LogP contribution in [0.2, 0.25) is 0 Å². The number of nitrogens with two attached hydrogens (primary N) is 1. The largest absolute Gasteiger partial charge is 0.573 e. The Morgan fingerprint density at radius 2 is 1.92 bits per heavy atom. The number of nitrogens with zero attached hydrogens (tertiary/aromatic N) is 2. The second kappa shape index (κ2) is 8.92. The lowest BCUT2D eigenvalue weighted by Crippen LogP contribution is -2.31. The van der Waals surface area contributed by atoms with Gasteiger partial charge in [-0.3, -0.25) is 5.10 Å². The van der Waals surface area contributed by atoms with Gasteiger partial charge in [-0.2, -0.15) is 5.10 Å². The highest BCUT2D eigenvalue weighted by atomic mass is 127. The van der Waals surface area contributed by atoms with Crippen molar-refractivity contribution >= 4 is 29.9 Å². The van der Waals surface area contributed by atoms with Crippen LogP contribution in [0.25, 0.3) is 0 Å². The Bertz CT molecular complexity index is 693. The van der Waals surface area contributed by atoms with E-state index in [1.54, 1.807) is 0 Å². The Morgan fingerprint density at radius 3 is 2.44 bits per heavy atom. The van der Waals surface area contributed by atoms with E-state index in [0.717, 1.165) is 17.0 Å². The highest BCUT2D eigenvalue weighted by molar-refractivity contribution is 14.0. The number of hydrogen-bond acceptors (Lipinski definition) is 3. The Balaban J connectivity index is 0.00000312. The molecule has 0 radical (unpaired) electrons. The van der Waals surface area contributed by atoms with Gasteiger partial charge >= 0.3 is 6.36 Å². The quantitative estimate of drug-likeness (QED) is 0.357. The SMILES string of the molecule is Cc1n[nH]c(C)c1CNC(N)=NCc1ccc(OC(F)(F)F)cc1.I. The van der Waals surface area contributed by atoms with E-state index in [1.165, 1.54) is 24.3 Å². The smallest absolute Gasteiger partial charge is 0.406 e. The van der Waals surface area contributed by atoms with Crippen molar-refractivity contribution < 1.29 is 17.9 Å².